The van der Waals surface area contributed by atoms with Gasteiger partial charge in [-0.2, -0.15) is 0 Å². The molecular formula is C24H30N6S. The lowest BCUT2D eigenvalue weighted by Gasteiger charge is -2.39. The van der Waals surface area contributed by atoms with Gasteiger partial charge in [0, 0.05) is 29.7 Å². The van der Waals surface area contributed by atoms with E-state index in [4.69, 9.17) is 17.2 Å². The van der Waals surface area contributed by atoms with Crippen molar-refractivity contribution in [3.63, 3.8) is 0 Å². The number of guanidine groups is 1. The van der Waals surface area contributed by atoms with Crippen molar-refractivity contribution in [3.05, 3.63) is 64.4 Å². The van der Waals surface area contributed by atoms with Crippen LogP contribution in [-0.2, 0) is 12.8 Å². The zero-order valence-corrected chi connectivity index (χ0v) is 18.6. The van der Waals surface area contributed by atoms with Gasteiger partial charge in [-0.1, -0.05) is 36.0 Å². The Kier molecular flexibility index (Phi) is 5.30. The van der Waals surface area contributed by atoms with Crippen LogP contribution >= 0.6 is 11.8 Å². The van der Waals surface area contributed by atoms with Crippen LogP contribution in [0.1, 0.15) is 48.3 Å². The highest BCUT2D eigenvalue weighted by molar-refractivity contribution is 8.03. The second-order valence-electron chi connectivity index (χ2n) is 9.11. The van der Waals surface area contributed by atoms with Crippen LogP contribution in [0, 0.1) is 5.41 Å². The van der Waals surface area contributed by atoms with E-state index in [1.54, 1.807) is 12.4 Å². The van der Waals surface area contributed by atoms with Crippen LogP contribution in [0.2, 0.25) is 0 Å². The molecule has 1 aromatic heterocycles. The summed E-state index contributed by atoms with van der Waals surface area (Å²) in [6.07, 6.45) is 10.4. The molecule has 0 unspecified atom stereocenters. The molecule has 2 aliphatic carbocycles. The topological polar surface area (TPSA) is 107 Å². The number of aromatic nitrogens is 1. The average Bonchev–Trinajstić information content (AvgIpc) is 3.53. The Labute approximate surface area is 188 Å². The fourth-order valence-corrected chi connectivity index (χ4v) is 5.91. The van der Waals surface area contributed by atoms with Crippen LogP contribution in [0.25, 0.3) is 0 Å². The quantitative estimate of drug-likeness (QED) is 0.386. The summed E-state index contributed by atoms with van der Waals surface area (Å²) < 4.78 is 0. The first-order chi connectivity index (χ1) is 15.0. The van der Waals surface area contributed by atoms with Crippen molar-refractivity contribution < 1.29 is 0 Å². The number of hydrogen-bond acceptors (Lipinski definition) is 5. The van der Waals surface area contributed by atoms with Gasteiger partial charge in [-0.05, 0) is 67.1 Å². The first-order valence-corrected chi connectivity index (χ1v) is 11.9. The van der Waals surface area contributed by atoms with E-state index >= 15 is 0 Å². The van der Waals surface area contributed by atoms with E-state index in [9.17, 15) is 0 Å². The number of aliphatic imine (C=N–C) groups is 1. The SMILES string of the molecule is NC(=N/C=C(\N)Sc1ccnc(N)c1C1CC1)N1CCC2(CC1)Cc1ccccc1C2. The monoisotopic (exact) mass is 434 g/mol. The summed E-state index contributed by atoms with van der Waals surface area (Å²) in [4.78, 5) is 12.0. The number of benzene rings is 1. The molecule has 0 radical (unpaired) electrons. The number of pyridine rings is 1. The Hall–Kier alpha value is -2.67. The molecular weight excluding hydrogens is 404 g/mol. The molecule has 2 fully saturated rings. The van der Waals surface area contributed by atoms with Gasteiger partial charge in [-0.25, -0.2) is 9.98 Å². The lowest BCUT2D eigenvalue weighted by atomic mass is 9.76. The van der Waals surface area contributed by atoms with Crippen LogP contribution in [0.4, 0.5) is 5.82 Å². The van der Waals surface area contributed by atoms with Crippen molar-refractivity contribution in [2.24, 2.45) is 21.9 Å². The van der Waals surface area contributed by atoms with Gasteiger partial charge < -0.3 is 22.1 Å². The smallest absolute Gasteiger partial charge is 0.195 e. The molecule has 0 bridgehead atoms. The number of hydrogen-bond donors (Lipinski definition) is 3. The summed E-state index contributed by atoms with van der Waals surface area (Å²) in [6.45, 7) is 1.88. The largest absolute Gasteiger partial charge is 0.392 e. The lowest BCUT2D eigenvalue weighted by Crippen LogP contribution is -2.46. The lowest BCUT2D eigenvalue weighted by molar-refractivity contribution is 0.157. The number of anilines is 1. The molecule has 1 aromatic carbocycles. The third-order valence-corrected chi connectivity index (χ3v) is 7.83. The standard InChI is InChI=1S/C24H30N6S/c25-20(31-19-7-10-28-22(26)21(19)16-5-6-16)15-29-23(27)30-11-8-24(9-12-30)13-17-3-1-2-4-18(17)14-24/h1-4,7,10,15-16H,5-6,8-9,11-14,25H2,(H2,26,28)(H2,27,29)/b20-15+. The molecule has 5 rings (SSSR count). The number of likely N-dealkylation sites (tertiary alicyclic amines) is 1. The van der Waals surface area contributed by atoms with Crippen LogP contribution in [0.3, 0.4) is 0 Å². The van der Waals surface area contributed by atoms with Gasteiger partial charge in [0.2, 0.25) is 0 Å². The Balaban J connectivity index is 1.21. The molecule has 2 aromatic rings. The highest BCUT2D eigenvalue weighted by Crippen LogP contribution is 2.47. The van der Waals surface area contributed by atoms with Crippen molar-refractivity contribution >= 4 is 23.5 Å². The molecule has 1 saturated heterocycles. The van der Waals surface area contributed by atoms with Crippen LogP contribution in [0.5, 0.6) is 0 Å². The number of nitrogen functional groups attached to an aromatic ring is 1. The number of piperidine rings is 1. The minimum absolute atomic E-state index is 0.395. The second kappa shape index (κ2) is 8.11. The molecule has 1 saturated carbocycles. The van der Waals surface area contributed by atoms with E-state index in [0.717, 1.165) is 36.4 Å². The predicted octanol–water partition coefficient (Wildman–Crippen LogP) is 3.59. The zero-order chi connectivity index (χ0) is 21.4. The van der Waals surface area contributed by atoms with E-state index in [1.165, 1.54) is 48.6 Å². The zero-order valence-electron chi connectivity index (χ0n) is 17.8. The fourth-order valence-electron chi connectivity index (χ4n) is 5.04. The van der Waals surface area contributed by atoms with E-state index in [1.807, 2.05) is 6.07 Å². The average molecular weight is 435 g/mol. The molecule has 2 heterocycles. The van der Waals surface area contributed by atoms with Gasteiger partial charge >= 0.3 is 0 Å². The van der Waals surface area contributed by atoms with Crippen LogP contribution in [-0.4, -0.2) is 28.9 Å². The van der Waals surface area contributed by atoms with Gasteiger partial charge in [-0.15, -0.1) is 0 Å². The molecule has 31 heavy (non-hydrogen) atoms. The van der Waals surface area contributed by atoms with E-state index in [-0.39, 0.29) is 0 Å². The molecule has 3 aliphatic rings. The van der Waals surface area contributed by atoms with E-state index < -0.39 is 0 Å². The Bertz CT molecular complexity index is 1010. The molecule has 162 valence electrons. The predicted molar refractivity (Wildman–Crippen MR) is 127 cm³/mol. The second-order valence-corrected chi connectivity index (χ2v) is 10.2. The van der Waals surface area contributed by atoms with Crippen molar-refractivity contribution in [3.8, 4) is 0 Å². The number of nitrogens with two attached hydrogens (primary N) is 3. The van der Waals surface area contributed by atoms with Gasteiger partial charge in [0.25, 0.3) is 0 Å². The summed E-state index contributed by atoms with van der Waals surface area (Å²) in [5, 5.41) is 0.607. The minimum Gasteiger partial charge on any atom is -0.392 e. The molecule has 1 aliphatic heterocycles. The highest BCUT2D eigenvalue weighted by Gasteiger charge is 2.39. The van der Waals surface area contributed by atoms with Gasteiger partial charge in [0.1, 0.15) is 5.82 Å². The molecule has 1 spiro atoms. The molecule has 6 nitrogen and oxygen atoms in total. The molecule has 0 amide bonds. The maximum atomic E-state index is 6.31. The summed E-state index contributed by atoms with van der Waals surface area (Å²) in [5.41, 5.74) is 23.2. The molecule has 0 atom stereocenters. The van der Waals surface area contributed by atoms with Crippen molar-refractivity contribution in [1.29, 1.82) is 0 Å². The summed E-state index contributed by atoms with van der Waals surface area (Å²) in [5.74, 6) is 1.67. The van der Waals surface area contributed by atoms with Crippen molar-refractivity contribution in [2.45, 2.75) is 49.3 Å². The van der Waals surface area contributed by atoms with Gasteiger partial charge in [0.05, 0.1) is 11.2 Å². The number of nitrogens with zero attached hydrogens (tertiary/aromatic N) is 3. The number of thioether (sulfide) groups is 1. The fraction of sp³-hybridized carbons (Fsp3) is 0.417. The van der Waals surface area contributed by atoms with Crippen LogP contribution < -0.4 is 17.2 Å². The third kappa shape index (κ3) is 4.24. The molecule has 7 heteroatoms. The normalized spacial score (nSPS) is 20.8. The first-order valence-electron chi connectivity index (χ1n) is 11.1. The Morgan fingerprint density at radius 3 is 2.42 bits per heavy atom. The maximum absolute atomic E-state index is 6.31. The Morgan fingerprint density at radius 2 is 1.77 bits per heavy atom. The number of rotatable bonds is 4. The van der Waals surface area contributed by atoms with Crippen LogP contribution in [0.15, 0.2) is 57.6 Å². The maximum Gasteiger partial charge on any atom is 0.195 e. The Morgan fingerprint density at radius 1 is 1.10 bits per heavy atom. The summed E-state index contributed by atoms with van der Waals surface area (Å²) >= 11 is 1.49. The van der Waals surface area contributed by atoms with Gasteiger partial charge in [0.15, 0.2) is 5.96 Å². The first kappa shape index (κ1) is 20.2. The summed E-state index contributed by atoms with van der Waals surface area (Å²) in [6, 6.07) is 10.8. The van der Waals surface area contributed by atoms with Gasteiger partial charge in [-0.3, -0.25) is 0 Å². The number of fused-ring (bicyclic) bond motifs is 1. The minimum atomic E-state index is 0.395. The van der Waals surface area contributed by atoms with Crippen molar-refractivity contribution in [2.75, 3.05) is 18.8 Å². The van der Waals surface area contributed by atoms with E-state index in [0.29, 0.717) is 28.1 Å². The summed E-state index contributed by atoms with van der Waals surface area (Å²) in [7, 11) is 0. The third-order valence-electron chi connectivity index (χ3n) is 6.92. The van der Waals surface area contributed by atoms with E-state index in [2.05, 4.69) is 39.1 Å². The highest BCUT2D eigenvalue weighted by atomic mass is 32.2. The van der Waals surface area contributed by atoms with Crippen molar-refractivity contribution in [1.82, 2.24) is 9.88 Å². The molecule has 6 N–H and O–H groups in total.